The van der Waals surface area contributed by atoms with Gasteiger partial charge >= 0.3 is 12.0 Å². The zero-order chi connectivity index (χ0) is 14.3. The van der Waals surface area contributed by atoms with Crippen LogP contribution in [-0.4, -0.2) is 36.1 Å². The number of carbonyl (C=O) groups excluding carboxylic acids is 2. The first-order chi connectivity index (χ1) is 8.99. The molecule has 19 heavy (non-hydrogen) atoms. The zero-order valence-electron chi connectivity index (χ0n) is 9.77. The Balaban J connectivity index is 2.34. The van der Waals surface area contributed by atoms with Gasteiger partial charge in [0.15, 0.2) is 0 Å². The lowest BCUT2D eigenvalue weighted by molar-refractivity contribution is -0.137. The van der Waals surface area contributed by atoms with Gasteiger partial charge in [0, 0.05) is 3.57 Å². The lowest BCUT2D eigenvalue weighted by atomic mass is 10.3. The van der Waals surface area contributed by atoms with Crippen molar-refractivity contribution in [3.8, 4) is 0 Å². The second-order valence-electron chi connectivity index (χ2n) is 3.46. The molecule has 0 aromatic heterocycles. The molecule has 8 heteroatoms. The minimum Gasteiger partial charge on any atom is -0.480 e. The maximum atomic E-state index is 11.5. The first-order valence-corrected chi connectivity index (χ1v) is 6.35. The van der Waals surface area contributed by atoms with Crippen LogP contribution in [0, 0.1) is 3.57 Å². The average Bonchev–Trinajstić information content (AvgIpc) is 2.36. The third-order valence-electron chi connectivity index (χ3n) is 1.97. The highest BCUT2D eigenvalue weighted by atomic mass is 127. The number of carboxylic acids is 1. The second-order valence-corrected chi connectivity index (χ2v) is 4.62. The molecule has 1 aromatic carbocycles. The maximum absolute atomic E-state index is 11.5. The molecule has 3 amide bonds. The van der Waals surface area contributed by atoms with Gasteiger partial charge in [-0.15, -0.1) is 0 Å². The topological polar surface area (TPSA) is 108 Å². The average molecular weight is 377 g/mol. The maximum Gasteiger partial charge on any atom is 0.322 e. The Morgan fingerprint density at radius 1 is 1.11 bits per heavy atom. The van der Waals surface area contributed by atoms with Gasteiger partial charge in [-0.25, -0.2) is 4.79 Å². The third-order valence-corrected chi connectivity index (χ3v) is 2.91. The molecule has 1 aromatic rings. The molecule has 0 unspecified atom stereocenters. The summed E-state index contributed by atoms with van der Waals surface area (Å²) in [7, 11) is 0. The van der Waals surface area contributed by atoms with Crippen LogP contribution in [0.2, 0.25) is 0 Å². The van der Waals surface area contributed by atoms with Crippen LogP contribution in [0.4, 0.5) is 10.5 Å². The number of urea groups is 1. The van der Waals surface area contributed by atoms with Crippen molar-refractivity contribution in [1.29, 1.82) is 0 Å². The number of benzene rings is 1. The van der Waals surface area contributed by atoms with Crippen molar-refractivity contribution in [2.45, 2.75) is 0 Å². The van der Waals surface area contributed by atoms with E-state index in [4.69, 9.17) is 5.11 Å². The van der Waals surface area contributed by atoms with Gasteiger partial charge in [-0.2, -0.15) is 0 Å². The minimum atomic E-state index is -1.14. The molecule has 0 saturated carbocycles. The molecule has 0 radical (unpaired) electrons. The molecule has 1 rings (SSSR count). The number of nitrogens with one attached hydrogen (secondary N) is 3. The van der Waals surface area contributed by atoms with E-state index >= 15 is 0 Å². The summed E-state index contributed by atoms with van der Waals surface area (Å²) in [5.74, 6) is -1.71. The Morgan fingerprint density at radius 3 is 2.42 bits per heavy atom. The van der Waals surface area contributed by atoms with E-state index in [1.807, 2.05) is 12.1 Å². The molecular weight excluding hydrogens is 365 g/mol. The molecular formula is C11H12IN3O4. The van der Waals surface area contributed by atoms with Crippen LogP contribution in [0.3, 0.4) is 0 Å². The Kier molecular flexibility index (Phi) is 6.06. The summed E-state index contributed by atoms with van der Waals surface area (Å²) < 4.78 is 0.866. The molecule has 0 aliphatic heterocycles. The number of amides is 3. The van der Waals surface area contributed by atoms with Crippen molar-refractivity contribution >= 4 is 46.2 Å². The number of aliphatic carboxylic acids is 1. The summed E-state index contributed by atoms with van der Waals surface area (Å²) in [5, 5.41) is 15.4. The standard InChI is InChI=1S/C11H12IN3O4/c12-7-3-1-2-4-8(7)15-11(19)14-5-9(16)13-6-10(17)18/h1-4H,5-6H2,(H,13,16)(H,17,18)(H2,14,15,19). The van der Waals surface area contributed by atoms with Gasteiger partial charge in [-0.1, -0.05) is 12.1 Å². The predicted octanol–water partition coefficient (Wildman–Crippen LogP) is 0.613. The number of halogens is 1. The van der Waals surface area contributed by atoms with E-state index in [1.165, 1.54) is 0 Å². The first kappa shape index (κ1) is 15.2. The van der Waals surface area contributed by atoms with Crippen molar-refractivity contribution in [3.63, 3.8) is 0 Å². The van der Waals surface area contributed by atoms with Gasteiger partial charge < -0.3 is 21.1 Å². The summed E-state index contributed by atoms with van der Waals surface area (Å²) in [4.78, 5) is 32.8. The highest BCUT2D eigenvalue weighted by Crippen LogP contribution is 2.16. The summed E-state index contributed by atoms with van der Waals surface area (Å²) >= 11 is 2.07. The van der Waals surface area contributed by atoms with Crippen molar-refractivity contribution in [3.05, 3.63) is 27.8 Å². The summed E-state index contributed by atoms with van der Waals surface area (Å²) in [5.41, 5.74) is 0.631. The van der Waals surface area contributed by atoms with Crippen LogP contribution < -0.4 is 16.0 Å². The van der Waals surface area contributed by atoms with Crippen LogP contribution in [0.15, 0.2) is 24.3 Å². The number of hydrogen-bond donors (Lipinski definition) is 4. The van der Waals surface area contributed by atoms with E-state index in [0.29, 0.717) is 5.69 Å². The summed E-state index contributed by atoms with van der Waals surface area (Å²) in [6.45, 7) is -0.763. The second kappa shape index (κ2) is 7.56. The molecule has 102 valence electrons. The van der Waals surface area contributed by atoms with Crippen molar-refractivity contribution < 1.29 is 19.5 Å². The Labute approximate surface area is 122 Å². The minimum absolute atomic E-state index is 0.289. The largest absolute Gasteiger partial charge is 0.480 e. The molecule has 0 heterocycles. The van der Waals surface area contributed by atoms with Gasteiger partial charge in [-0.05, 0) is 34.7 Å². The zero-order valence-corrected chi connectivity index (χ0v) is 11.9. The molecule has 0 atom stereocenters. The van der Waals surface area contributed by atoms with Gasteiger partial charge in [0.1, 0.15) is 6.54 Å². The van der Waals surface area contributed by atoms with Gasteiger partial charge in [0.2, 0.25) is 5.91 Å². The quantitative estimate of drug-likeness (QED) is 0.564. The van der Waals surface area contributed by atoms with Crippen LogP contribution in [0.25, 0.3) is 0 Å². The highest BCUT2D eigenvalue weighted by molar-refractivity contribution is 14.1. The number of rotatable bonds is 5. The SMILES string of the molecule is O=C(O)CNC(=O)CNC(=O)Nc1ccccc1I. The smallest absolute Gasteiger partial charge is 0.322 e. The molecule has 4 N–H and O–H groups in total. The van der Waals surface area contributed by atoms with Gasteiger partial charge in [-0.3, -0.25) is 9.59 Å². The monoisotopic (exact) mass is 377 g/mol. The van der Waals surface area contributed by atoms with Crippen molar-refractivity contribution in [1.82, 2.24) is 10.6 Å². The first-order valence-electron chi connectivity index (χ1n) is 5.27. The molecule has 7 nitrogen and oxygen atoms in total. The molecule has 0 bridgehead atoms. The van der Waals surface area contributed by atoms with Crippen molar-refractivity contribution in [2.24, 2.45) is 0 Å². The fourth-order valence-electron chi connectivity index (χ4n) is 1.13. The molecule has 0 fully saturated rings. The fourth-order valence-corrected chi connectivity index (χ4v) is 1.65. The van der Waals surface area contributed by atoms with E-state index < -0.39 is 24.5 Å². The Morgan fingerprint density at radius 2 is 1.79 bits per heavy atom. The Bertz CT molecular complexity index is 493. The number of carbonyl (C=O) groups is 3. The van der Waals surface area contributed by atoms with E-state index in [9.17, 15) is 14.4 Å². The Hall–Kier alpha value is -1.84. The van der Waals surface area contributed by atoms with Crippen LogP contribution in [-0.2, 0) is 9.59 Å². The van der Waals surface area contributed by atoms with Gasteiger partial charge in [0.05, 0.1) is 12.2 Å². The van der Waals surface area contributed by atoms with E-state index in [2.05, 4.69) is 38.5 Å². The lowest BCUT2D eigenvalue weighted by Gasteiger charge is -2.08. The summed E-state index contributed by atoms with van der Waals surface area (Å²) in [6.07, 6.45) is 0. The van der Waals surface area contributed by atoms with Gasteiger partial charge in [0.25, 0.3) is 0 Å². The number of anilines is 1. The summed E-state index contributed by atoms with van der Waals surface area (Å²) in [6, 6.07) is 6.64. The molecule has 0 spiro atoms. The molecule has 0 aliphatic rings. The normalized spacial score (nSPS) is 9.53. The highest BCUT2D eigenvalue weighted by Gasteiger charge is 2.07. The van der Waals surface area contributed by atoms with E-state index in [1.54, 1.807) is 12.1 Å². The van der Waals surface area contributed by atoms with Crippen LogP contribution >= 0.6 is 22.6 Å². The molecule has 0 saturated heterocycles. The van der Waals surface area contributed by atoms with E-state index in [-0.39, 0.29) is 6.54 Å². The predicted molar refractivity (Wildman–Crippen MR) is 76.8 cm³/mol. The van der Waals surface area contributed by atoms with Crippen LogP contribution in [0.1, 0.15) is 0 Å². The lowest BCUT2D eigenvalue weighted by Crippen LogP contribution is -2.40. The van der Waals surface area contributed by atoms with Crippen LogP contribution in [0.5, 0.6) is 0 Å². The number of para-hydroxylation sites is 1. The van der Waals surface area contributed by atoms with E-state index in [0.717, 1.165) is 3.57 Å². The molecule has 0 aliphatic carbocycles. The number of hydrogen-bond acceptors (Lipinski definition) is 3. The van der Waals surface area contributed by atoms with Crippen molar-refractivity contribution in [2.75, 3.05) is 18.4 Å². The third kappa shape index (κ3) is 6.04. The fraction of sp³-hybridized carbons (Fsp3) is 0.182. The number of carboxylic acid groups (broad SMARTS) is 1.